The third-order valence-corrected chi connectivity index (χ3v) is 4.08. The number of nitrogens with zero attached hydrogens (tertiary/aromatic N) is 1. The fraction of sp³-hybridized carbons (Fsp3) is 0.412. The van der Waals surface area contributed by atoms with Gasteiger partial charge < -0.3 is 15.8 Å². The van der Waals surface area contributed by atoms with Gasteiger partial charge >= 0.3 is 6.18 Å². The van der Waals surface area contributed by atoms with Crippen molar-refractivity contribution in [3.05, 3.63) is 45.4 Å². The predicted molar refractivity (Wildman–Crippen MR) is 93.0 cm³/mol. The molecule has 142 valence electrons. The Hall–Kier alpha value is -2.13. The summed E-state index contributed by atoms with van der Waals surface area (Å²) >= 11 is 1.22. The summed E-state index contributed by atoms with van der Waals surface area (Å²) in [5, 5.41) is 4.55. The summed E-state index contributed by atoms with van der Waals surface area (Å²) in [6.07, 6.45) is -4.56. The maximum absolute atomic E-state index is 13.4. The van der Waals surface area contributed by atoms with E-state index in [4.69, 9.17) is 10.5 Å². The van der Waals surface area contributed by atoms with Crippen molar-refractivity contribution in [1.82, 2.24) is 10.3 Å². The number of nitrogens with two attached hydrogens (primary N) is 1. The highest BCUT2D eigenvalue weighted by molar-refractivity contribution is 7.09. The molecule has 1 aromatic carbocycles. The van der Waals surface area contributed by atoms with Gasteiger partial charge in [-0.1, -0.05) is 6.07 Å². The highest BCUT2D eigenvalue weighted by Gasteiger charge is 2.34. The van der Waals surface area contributed by atoms with E-state index in [1.54, 1.807) is 20.8 Å². The number of nitrogens with one attached hydrogen (secondary N) is 1. The topological polar surface area (TPSA) is 77.2 Å². The first-order chi connectivity index (χ1) is 12.0. The molecule has 26 heavy (non-hydrogen) atoms. The van der Waals surface area contributed by atoms with Crippen molar-refractivity contribution in [2.45, 2.75) is 45.6 Å². The Morgan fingerprint density at radius 3 is 2.54 bits per heavy atom. The van der Waals surface area contributed by atoms with Crippen molar-refractivity contribution in [3.8, 4) is 5.75 Å². The van der Waals surface area contributed by atoms with Gasteiger partial charge in [0, 0.05) is 18.5 Å². The maximum Gasteiger partial charge on any atom is 0.416 e. The minimum Gasteiger partial charge on any atom is -0.488 e. The van der Waals surface area contributed by atoms with Gasteiger partial charge in [0.25, 0.3) is 5.91 Å². The predicted octanol–water partition coefficient (Wildman–Crippen LogP) is 3.73. The minimum atomic E-state index is -4.56. The van der Waals surface area contributed by atoms with E-state index in [9.17, 15) is 18.0 Å². The normalized spacial score (nSPS) is 12.1. The van der Waals surface area contributed by atoms with E-state index in [2.05, 4.69) is 10.3 Å². The number of rotatable bonds is 5. The molecular weight excluding hydrogens is 367 g/mol. The molecule has 0 atom stereocenters. The number of amides is 1. The molecule has 0 aliphatic rings. The van der Waals surface area contributed by atoms with Gasteiger partial charge in [-0.15, -0.1) is 11.3 Å². The first-order valence-electron chi connectivity index (χ1n) is 7.81. The number of carbonyl (C=O) groups is 1. The highest BCUT2D eigenvalue weighted by atomic mass is 32.1. The van der Waals surface area contributed by atoms with Crippen LogP contribution in [-0.2, 0) is 19.3 Å². The van der Waals surface area contributed by atoms with Crippen LogP contribution in [0.5, 0.6) is 5.75 Å². The van der Waals surface area contributed by atoms with Crippen LogP contribution in [-0.4, -0.2) is 16.5 Å². The van der Waals surface area contributed by atoms with E-state index < -0.39 is 23.2 Å². The molecule has 0 spiro atoms. The first-order valence-corrected chi connectivity index (χ1v) is 8.69. The van der Waals surface area contributed by atoms with Crippen LogP contribution in [0.25, 0.3) is 0 Å². The lowest BCUT2D eigenvalue weighted by atomic mass is 10.1. The minimum absolute atomic E-state index is 0.0543. The van der Waals surface area contributed by atoms with Gasteiger partial charge in [0.2, 0.25) is 0 Å². The molecule has 9 heteroatoms. The zero-order valence-corrected chi connectivity index (χ0v) is 15.4. The van der Waals surface area contributed by atoms with E-state index in [0.717, 1.165) is 6.07 Å². The van der Waals surface area contributed by atoms with E-state index >= 15 is 0 Å². The van der Waals surface area contributed by atoms with Crippen molar-refractivity contribution in [2.24, 2.45) is 5.73 Å². The Bertz CT molecular complexity index is 782. The van der Waals surface area contributed by atoms with Crippen LogP contribution in [0.15, 0.2) is 23.6 Å². The summed E-state index contributed by atoms with van der Waals surface area (Å²) in [6, 6.07) is 3.70. The fourth-order valence-corrected chi connectivity index (χ4v) is 2.82. The number of benzene rings is 1. The average molecular weight is 387 g/mol. The van der Waals surface area contributed by atoms with E-state index in [1.165, 1.54) is 28.8 Å². The van der Waals surface area contributed by atoms with Crippen LogP contribution >= 0.6 is 11.3 Å². The summed E-state index contributed by atoms with van der Waals surface area (Å²) < 4.78 is 45.6. The van der Waals surface area contributed by atoms with Crippen LogP contribution in [0, 0.1) is 0 Å². The quantitative estimate of drug-likeness (QED) is 0.820. The molecule has 1 heterocycles. The number of thiazole rings is 1. The zero-order valence-electron chi connectivity index (χ0n) is 14.6. The Morgan fingerprint density at radius 1 is 1.31 bits per heavy atom. The molecule has 1 aromatic heterocycles. The SMILES string of the molecule is CC(C)(C)Oc1ccc(CNC(=O)c2csc(CN)n2)c(C(F)(F)F)c1. The maximum atomic E-state index is 13.4. The Morgan fingerprint density at radius 2 is 2.00 bits per heavy atom. The number of hydrogen-bond acceptors (Lipinski definition) is 5. The Kier molecular flexibility index (Phi) is 5.92. The molecule has 0 bridgehead atoms. The summed E-state index contributed by atoms with van der Waals surface area (Å²) in [6.45, 7) is 5.16. The van der Waals surface area contributed by atoms with Crippen LogP contribution in [0.3, 0.4) is 0 Å². The number of ether oxygens (including phenoxy) is 1. The van der Waals surface area contributed by atoms with E-state index in [0.29, 0.717) is 5.01 Å². The molecule has 0 radical (unpaired) electrons. The highest BCUT2D eigenvalue weighted by Crippen LogP contribution is 2.35. The lowest BCUT2D eigenvalue weighted by Crippen LogP contribution is -2.26. The molecule has 1 amide bonds. The standard InChI is InChI=1S/C17H20F3N3O2S/c1-16(2,3)25-11-5-4-10(12(6-11)17(18,19)20)8-22-15(24)13-9-26-14(7-21)23-13/h4-6,9H,7-8,21H2,1-3H3,(H,22,24). The lowest BCUT2D eigenvalue weighted by molar-refractivity contribution is -0.138. The monoisotopic (exact) mass is 387 g/mol. The molecule has 0 unspecified atom stereocenters. The molecule has 0 aliphatic heterocycles. The van der Waals surface area contributed by atoms with Crippen LogP contribution in [0.4, 0.5) is 13.2 Å². The molecule has 0 saturated heterocycles. The van der Waals surface area contributed by atoms with Crippen molar-refractivity contribution in [2.75, 3.05) is 0 Å². The number of carbonyl (C=O) groups excluding carboxylic acids is 1. The summed E-state index contributed by atoms with van der Waals surface area (Å²) in [4.78, 5) is 16.1. The van der Waals surface area contributed by atoms with Crippen molar-refractivity contribution in [1.29, 1.82) is 0 Å². The largest absolute Gasteiger partial charge is 0.488 e. The number of alkyl halides is 3. The first kappa shape index (κ1) is 20.2. The second kappa shape index (κ2) is 7.63. The molecule has 3 N–H and O–H groups in total. The molecule has 2 aromatic rings. The zero-order chi connectivity index (χ0) is 19.5. The van der Waals surface area contributed by atoms with Gasteiger partial charge in [-0.3, -0.25) is 4.79 Å². The third kappa shape index (κ3) is 5.43. The fourth-order valence-electron chi connectivity index (χ4n) is 2.17. The molecular formula is C17H20F3N3O2S. The summed E-state index contributed by atoms with van der Waals surface area (Å²) in [5.41, 5.74) is 4.05. The second-order valence-corrected chi connectivity index (χ2v) is 7.49. The molecule has 0 aliphatic carbocycles. The van der Waals surface area contributed by atoms with Crippen molar-refractivity contribution < 1.29 is 22.7 Å². The molecule has 2 rings (SSSR count). The van der Waals surface area contributed by atoms with E-state index in [1.807, 2.05) is 0 Å². The van der Waals surface area contributed by atoms with Crippen molar-refractivity contribution >= 4 is 17.2 Å². The van der Waals surface area contributed by atoms with Gasteiger partial charge in [-0.2, -0.15) is 13.2 Å². The molecule has 5 nitrogen and oxygen atoms in total. The van der Waals surface area contributed by atoms with Gasteiger partial charge in [-0.25, -0.2) is 4.98 Å². The Balaban J connectivity index is 2.18. The smallest absolute Gasteiger partial charge is 0.416 e. The third-order valence-electron chi connectivity index (χ3n) is 3.21. The second-order valence-electron chi connectivity index (χ2n) is 6.54. The Labute approximate surface area is 153 Å². The van der Waals surface area contributed by atoms with E-state index in [-0.39, 0.29) is 30.1 Å². The molecule has 0 saturated carbocycles. The summed E-state index contributed by atoms with van der Waals surface area (Å²) in [5.74, 6) is -0.434. The molecule has 0 fully saturated rings. The average Bonchev–Trinajstić information content (AvgIpc) is 3.00. The van der Waals surface area contributed by atoms with Gasteiger partial charge in [0.1, 0.15) is 22.1 Å². The summed E-state index contributed by atoms with van der Waals surface area (Å²) in [7, 11) is 0. The van der Waals surface area contributed by atoms with Gasteiger partial charge in [-0.05, 0) is 38.5 Å². The van der Waals surface area contributed by atoms with Crippen molar-refractivity contribution in [3.63, 3.8) is 0 Å². The lowest BCUT2D eigenvalue weighted by Gasteiger charge is -2.23. The number of aromatic nitrogens is 1. The van der Waals surface area contributed by atoms with Gasteiger partial charge in [0.05, 0.1) is 5.56 Å². The van der Waals surface area contributed by atoms with Crippen LogP contribution in [0.2, 0.25) is 0 Å². The van der Waals surface area contributed by atoms with Crippen LogP contribution < -0.4 is 15.8 Å². The number of halogens is 3. The number of hydrogen-bond donors (Lipinski definition) is 2. The van der Waals surface area contributed by atoms with Gasteiger partial charge in [0.15, 0.2) is 0 Å². The van der Waals surface area contributed by atoms with Crippen LogP contribution in [0.1, 0.15) is 47.4 Å².